The Bertz CT molecular complexity index is 1010. The molecule has 0 saturated heterocycles. The highest BCUT2D eigenvalue weighted by atomic mass is 16.5. The van der Waals surface area contributed by atoms with E-state index < -0.39 is 35.8 Å². The Morgan fingerprint density at radius 1 is 1.03 bits per heavy atom. The van der Waals surface area contributed by atoms with E-state index in [1.807, 2.05) is 24.3 Å². The van der Waals surface area contributed by atoms with Gasteiger partial charge in [-0.05, 0) is 31.9 Å². The van der Waals surface area contributed by atoms with E-state index in [2.05, 4.69) is 15.6 Å². The third kappa shape index (κ3) is 7.55. The largest absolute Gasteiger partial charge is 0.461 e. The van der Waals surface area contributed by atoms with Crippen LogP contribution in [0.25, 0.3) is 10.9 Å². The molecule has 0 saturated carbocycles. The number of ether oxygens (including phenoxy) is 1. The van der Waals surface area contributed by atoms with Gasteiger partial charge in [-0.25, -0.2) is 4.79 Å². The lowest BCUT2D eigenvalue weighted by atomic mass is 10.0. The smallest absolute Gasteiger partial charge is 0.328 e. The summed E-state index contributed by atoms with van der Waals surface area (Å²) in [6, 6.07) is 5.61. The van der Waals surface area contributed by atoms with Gasteiger partial charge in [0.25, 0.3) is 0 Å². The number of rotatable bonds is 12. The Hall–Kier alpha value is -3.49. The van der Waals surface area contributed by atoms with Crippen molar-refractivity contribution in [1.29, 1.82) is 5.41 Å². The van der Waals surface area contributed by atoms with Crippen LogP contribution in [-0.4, -0.2) is 53.0 Å². The number of carbonyl (C=O) groups is 4. The number of ketones is 1. The molecule has 9 heteroatoms. The van der Waals surface area contributed by atoms with Gasteiger partial charge in [0.05, 0.1) is 12.3 Å². The number of Topliss-reactive ketones (excluding diaryl/α,β-unsaturated/α-hetero) is 1. The Balaban J connectivity index is 2.25. The number of benzene rings is 1. The Kier molecular flexibility index (Phi) is 9.32. The molecule has 0 unspecified atom stereocenters. The second kappa shape index (κ2) is 11.9. The molecule has 1 aromatic carbocycles. The molecule has 2 atom stereocenters. The number of H-pyrrole nitrogens is 1. The fourth-order valence-electron chi connectivity index (χ4n) is 3.26. The predicted octanol–water partition coefficient (Wildman–Crippen LogP) is 2.29. The number of para-hydroxylation sites is 1. The highest BCUT2D eigenvalue weighted by Crippen LogP contribution is 2.19. The van der Waals surface area contributed by atoms with E-state index >= 15 is 0 Å². The lowest BCUT2D eigenvalue weighted by Gasteiger charge is -2.24. The maximum Gasteiger partial charge on any atom is 0.328 e. The molecule has 2 aromatic rings. The summed E-state index contributed by atoms with van der Waals surface area (Å²) >= 11 is 0. The molecule has 0 bridgehead atoms. The normalized spacial score (nSPS) is 12.9. The molecule has 178 valence electrons. The fraction of sp³-hybridized carbons (Fsp3) is 0.458. The molecule has 0 radical (unpaired) electrons. The van der Waals surface area contributed by atoms with Gasteiger partial charge in [-0.3, -0.25) is 14.4 Å². The molecule has 1 heterocycles. The molecule has 0 aliphatic carbocycles. The van der Waals surface area contributed by atoms with Crippen LogP contribution in [-0.2, 0) is 30.3 Å². The summed E-state index contributed by atoms with van der Waals surface area (Å²) in [6.45, 7) is 6.81. The van der Waals surface area contributed by atoms with Gasteiger partial charge >= 0.3 is 5.97 Å². The quantitative estimate of drug-likeness (QED) is 0.286. The fourth-order valence-corrected chi connectivity index (χ4v) is 3.26. The third-order valence-corrected chi connectivity index (χ3v) is 5.05. The summed E-state index contributed by atoms with van der Waals surface area (Å²) in [6.07, 6.45) is 2.17. The first kappa shape index (κ1) is 25.8. The number of aromatic nitrogens is 1. The van der Waals surface area contributed by atoms with E-state index in [1.165, 1.54) is 0 Å². The summed E-state index contributed by atoms with van der Waals surface area (Å²) in [5.74, 6) is -2.32. The molecule has 2 rings (SSSR count). The standard InChI is InChI=1S/C24H32N4O5/c1-14(2)22(30)28-21(11-16-13-26-19-8-6-5-7-18(16)19)23(31)27-20(10-9-17(29)12-25)24(32)33-15(3)4/h5-8,12-15,20-21,25-26H,9-11H2,1-4H3,(H,27,31)(H,28,30)/t20-,21-/m0/s1. The summed E-state index contributed by atoms with van der Waals surface area (Å²) in [7, 11) is 0. The molecule has 33 heavy (non-hydrogen) atoms. The molecule has 0 spiro atoms. The van der Waals surface area contributed by atoms with Crippen molar-refractivity contribution in [2.75, 3.05) is 0 Å². The van der Waals surface area contributed by atoms with Gasteiger partial charge in [0.1, 0.15) is 12.1 Å². The monoisotopic (exact) mass is 456 g/mol. The first-order valence-electron chi connectivity index (χ1n) is 11.0. The van der Waals surface area contributed by atoms with Crippen LogP contribution in [0.15, 0.2) is 30.5 Å². The Morgan fingerprint density at radius 3 is 2.33 bits per heavy atom. The average molecular weight is 457 g/mol. The maximum atomic E-state index is 13.2. The topological polar surface area (TPSA) is 141 Å². The molecule has 0 aliphatic heterocycles. The van der Waals surface area contributed by atoms with E-state index in [9.17, 15) is 19.2 Å². The number of nitrogens with one attached hydrogen (secondary N) is 4. The number of hydrogen-bond acceptors (Lipinski definition) is 6. The van der Waals surface area contributed by atoms with E-state index in [0.29, 0.717) is 6.21 Å². The SMILES string of the molecule is CC(C)OC(=O)[C@H](CCC(=O)C=N)NC(=O)[C@H](Cc1c[nH]c2ccccc12)NC(=O)C(C)C. The molecule has 4 N–H and O–H groups in total. The van der Waals surface area contributed by atoms with Crippen LogP contribution in [0.1, 0.15) is 46.1 Å². The van der Waals surface area contributed by atoms with Gasteiger partial charge in [0.2, 0.25) is 11.8 Å². The minimum absolute atomic E-state index is 0.0105. The van der Waals surface area contributed by atoms with Gasteiger partial charge < -0.3 is 25.8 Å². The molecule has 1 aromatic heterocycles. The number of aromatic amines is 1. The zero-order valence-corrected chi connectivity index (χ0v) is 19.4. The molecule has 0 aliphatic rings. The van der Waals surface area contributed by atoms with Crippen LogP contribution in [0.4, 0.5) is 0 Å². The van der Waals surface area contributed by atoms with Crippen LogP contribution in [0.5, 0.6) is 0 Å². The van der Waals surface area contributed by atoms with Gasteiger partial charge in [-0.15, -0.1) is 0 Å². The highest BCUT2D eigenvalue weighted by Gasteiger charge is 2.29. The minimum atomic E-state index is -1.08. The maximum absolute atomic E-state index is 13.2. The van der Waals surface area contributed by atoms with E-state index in [1.54, 1.807) is 33.9 Å². The molecule has 2 amide bonds. The first-order valence-corrected chi connectivity index (χ1v) is 11.0. The average Bonchev–Trinajstić information content (AvgIpc) is 3.17. The summed E-state index contributed by atoms with van der Waals surface area (Å²) in [5, 5.41) is 13.4. The van der Waals surface area contributed by atoms with E-state index in [-0.39, 0.29) is 31.1 Å². The second-order valence-electron chi connectivity index (χ2n) is 8.48. The van der Waals surface area contributed by atoms with Crippen molar-refractivity contribution in [3.8, 4) is 0 Å². The lowest BCUT2D eigenvalue weighted by Crippen LogP contribution is -2.53. The van der Waals surface area contributed by atoms with Crippen molar-refractivity contribution in [2.24, 2.45) is 5.92 Å². The number of hydrogen-bond donors (Lipinski definition) is 4. The minimum Gasteiger partial charge on any atom is -0.461 e. The van der Waals surface area contributed by atoms with E-state index in [4.69, 9.17) is 10.1 Å². The molecular weight excluding hydrogens is 424 g/mol. The number of amides is 2. The van der Waals surface area contributed by atoms with Crippen LogP contribution < -0.4 is 10.6 Å². The number of fused-ring (bicyclic) bond motifs is 1. The van der Waals surface area contributed by atoms with Gasteiger partial charge in [0.15, 0.2) is 5.78 Å². The van der Waals surface area contributed by atoms with Crippen LogP contribution in [0.2, 0.25) is 0 Å². The zero-order valence-electron chi connectivity index (χ0n) is 19.4. The van der Waals surface area contributed by atoms with Crippen molar-refractivity contribution in [3.05, 3.63) is 36.0 Å². The summed E-state index contributed by atoms with van der Waals surface area (Å²) < 4.78 is 5.23. The molecule has 9 nitrogen and oxygen atoms in total. The highest BCUT2D eigenvalue weighted by molar-refractivity contribution is 6.26. The third-order valence-electron chi connectivity index (χ3n) is 5.05. The number of carbonyl (C=O) groups excluding carboxylic acids is 4. The zero-order chi connectivity index (χ0) is 24.5. The summed E-state index contributed by atoms with van der Waals surface area (Å²) in [5.41, 5.74) is 1.75. The predicted molar refractivity (Wildman–Crippen MR) is 125 cm³/mol. The van der Waals surface area contributed by atoms with Crippen molar-refractivity contribution in [2.45, 2.75) is 65.1 Å². The van der Waals surface area contributed by atoms with Crippen LogP contribution >= 0.6 is 0 Å². The molecular formula is C24H32N4O5. The van der Waals surface area contributed by atoms with Crippen molar-refractivity contribution in [3.63, 3.8) is 0 Å². The van der Waals surface area contributed by atoms with Crippen molar-refractivity contribution in [1.82, 2.24) is 15.6 Å². The Labute approximate surface area is 193 Å². The van der Waals surface area contributed by atoms with Crippen LogP contribution in [0.3, 0.4) is 0 Å². The van der Waals surface area contributed by atoms with Crippen molar-refractivity contribution >= 4 is 40.7 Å². The van der Waals surface area contributed by atoms with Gasteiger partial charge in [-0.1, -0.05) is 32.0 Å². The van der Waals surface area contributed by atoms with Gasteiger partial charge in [-0.2, -0.15) is 0 Å². The Morgan fingerprint density at radius 2 is 1.70 bits per heavy atom. The second-order valence-corrected chi connectivity index (χ2v) is 8.48. The van der Waals surface area contributed by atoms with Crippen LogP contribution in [0, 0.1) is 11.3 Å². The van der Waals surface area contributed by atoms with Crippen molar-refractivity contribution < 1.29 is 23.9 Å². The first-order chi connectivity index (χ1) is 15.6. The van der Waals surface area contributed by atoms with Gasteiger partial charge in [0, 0.05) is 35.9 Å². The van der Waals surface area contributed by atoms with E-state index in [0.717, 1.165) is 16.5 Å². The lowest BCUT2D eigenvalue weighted by molar-refractivity contribution is -0.151. The molecule has 0 fully saturated rings. The summed E-state index contributed by atoms with van der Waals surface area (Å²) in [4.78, 5) is 52.9. The number of esters is 1.